The largest absolute Gasteiger partial charge is 0.497 e. The Morgan fingerprint density at radius 2 is 1.97 bits per heavy atom. The van der Waals surface area contributed by atoms with Gasteiger partial charge >= 0.3 is 0 Å². The minimum atomic E-state index is -0.573. The molecule has 0 bridgehead atoms. The molecule has 3 rings (SSSR count). The first-order chi connectivity index (χ1) is 13.9. The molecule has 1 amide bonds. The third-order valence-electron chi connectivity index (χ3n) is 3.75. The Balaban J connectivity index is 1.52. The van der Waals surface area contributed by atoms with Gasteiger partial charge in [-0.25, -0.2) is 4.39 Å². The van der Waals surface area contributed by atoms with E-state index in [0.29, 0.717) is 4.34 Å². The fraction of sp³-hybridized carbons (Fsp3) is 0.211. The number of carbonyl (C=O) groups excluding carboxylic acids is 1. The molecule has 1 unspecified atom stereocenters. The fourth-order valence-corrected chi connectivity index (χ4v) is 5.48. The lowest BCUT2D eigenvalue weighted by atomic mass is 10.2. The van der Waals surface area contributed by atoms with Gasteiger partial charge in [0.15, 0.2) is 8.68 Å². The minimum Gasteiger partial charge on any atom is -0.497 e. The number of amides is 1. The van der Waals surface area contributed by atoms with Crippen LogP contribution in [0.3, 0.4) is 0 Å². The Bertz CT molecular complexity index is 985. The minimum absolute atomic E-state index is 0.0971. The molecule has 0 spiro atoms. The van der Waals surface area contributed by atoms with Gasteiger partial charge in [-0.15, -0.1) is 10.2 Å². The number of ether oxygens (including phenoxy) is 1. The Hall–Kier alpha value is -1.81. The zero-order valence-electron chi connectivity index (χ0n) is 15.5. The monoisotopic (exact) mass is 469 g/mol. The third kappa shape index (κ3) is 6.33. The van der Waals surface area contributed by atoms with Crippen LogP contribution in [0.25, 0.3) is 0 Å². The van der Waals surface area contributed by atoms with Gasteiger partial charge in [0.25, 0.3) is 0 Å². The predicted octanol–water partition coefficient (Wildman–Crippen LogP) is 5.75. The summed E-state index contributed by atoms with van der Waals surface area (Å²) in [6.07, 6.45) is 0. The molecular weight excluding hydrogens is 453 g/mol. The second-order valence-corrected chi connectivity index (χ2v) is 10.1. The SMILES string of the molecule is COc1ccc(CSc2nnc(SC(C)C(=O)Nc3ccc(Cl)cc3F)s2)cc1. The van der Waals surface area contributed by atoms with Gasteiger partial charge in [0.2, 0.25) is 5.91 Å². The van der Waals surface area contributed by atoms with Crippen LogP contribution in [0.4, 0.5) is 10.1 Å². The van der Waals surface area contributed by atoms with Gasteiger partial charge in [-0.2, -0.15) is 0 Å². The smallest absolute Gasteiger partial charge is 0.237 e. The number of aromatic nitrogens is 2. The highest BCUT2D eigenvalue weighted by atomic mass is 35.5. The number of nitrogens with one attached hydrogen (secondary N) is 1. The maximum Gasteiger partial charge on any atom is 0.237 e. The van der Waals surface area contributed by atoms with Gasteiger partial charge < -0.3 is 10.1 Å². The van der Waals surface area contributed by atoms with E-state index in [2.05, 4.69) is 15.5 Å². The van der Waals surface area contributed by atoms with Crippen molar-refractivity contribution in [3.8, 4) is 5.75 Å². The van der Waals surface area contributed by atoms with Gasteiger partial charge in [0.1, 0.15) is 11.6 Å². The maximum absolute atomic E-state index is 13.8. The molecule has 10 heteroatoms. The van der Waals surface area contributed by atoms with Crippen LogP contribution in [-0.2, 0) is 10.5 Å². The number of anilines is 1. The van der Waals surface area contributed by atoms with Crippen molar-refractivity contribution in [2.24, 2.45) is 0 Å². The molecule has 2 aromatic carbocycles. The molecule has 0 aliphatic carbocycles. The highest BCUT2D eigenvalue weighted by Gasteiger charge is 2.19. The molecule has 0 aliphatic rings. The van der Waals surface area contributed by atoms with Crippen LogP contribution in [0, 0.1) is 5.82 Å². The zero-order chi connectivity index (χ0) is 20.8. The van der Waals surface area contributed by atoms with Crippen LogP contribution >= 0.6 is 46.5 Å². The second kappa shape index (κ2) is 10.3. The summed E-state index contributed by atoms with van der Waals surface area (Å²) in [4.78, 5) is 12.3. The summed E-state index contributed by atoms with van der Waals surface area (Å²) in [6, 6.07) is 12.0. The van der Waals surface area contributed by atoms with Crippen molar-refractivity contribution in [1.29, 1.82) is 0 Å². The Morgan fingerprint density at radius 1 is 1.24 bits per heavy atom. The third-order valence-corrected chi connectivity index (χ3v) is 7.29. The van der Waals surface area contributed by atoms with E-state index in [0.717, 1.165) is 27.5 Å². The van der Waals surface area contributed by atoms with Crippen LogP contribution in [0.1, 0.15) is 12.5 Å². The average Bonchev–Trinajstić information content (AvgIpc) is 3.16. The molecule has 0 saturated heterocycles. The van der Waals surface area contributed by atoms with Crippen LogP contribution < -0.4 is 10.1 Å². The van der Waals surface area contributed by atoms with Gasteiger partial charge in [0, 0.05) is 10.8 Å². The van der Waals surface area contributed by atoms with E-state index in [1.807, 2.05) is 24.3 Å². The van der Waals surface area contributed by atoms with Crippen molar-refractivity contribution in [2.75, 3.05) is 12.4 Å². The van der Waals surface area contributed by atoms with E-state index in [1.54, 1.807) is 25.8 Å². The Kier molecular flexibility index (Phi) is 7.77. The second-order valence-electron chi connectivity index (χ2n) is 5.84. The molecule has 0 saturated carbocycles. The topological polar surface area (TPSA) is 64.1 Å². The number of thioether (sulfide) groups is 2. The van der Waals surface area contributed by atoms with E-state index in [-0.39, 0.29) is 16.6 Å². The molecule has 152 valence electrons. The standard InChI is InChI=1S/C19H17ClFN3O2S3/c1-11(17(25)22-16-8-5-13(20)9-15(16)21)28-19-24-23-18(29-19)27-10-12-3-6-14(26-2)7-4-12/h3-9,11H,10H2,1-2H3,(H,22,25). The van der Waals surface area contributed by atoms with Crippen LogP contribution in [-0.4, -0.2) is 28.5 Å². The Morgan fingerprint density at radius 3 is 2.66 bits per heavy atom. The maximum atomic E-state index is 13.8. The number of hydrogen-bond donors (Lipinski definition) is 1. The number of nitrogens with zero attached hydrogens (tertiary/aromatic N) is 2. The highest BCUT2D eigenvalue weighted by Crippen LogP contribution is 2.33. The molecule has 3 aromatic rings. The van der Waals surface area contributed by atoms with E-state index >= 15 is 0 Å². The molecule has 0 aliphatic heterocycles. The molecule has 0 radical (unpaired) electrons. The number of hydrogen-bond acceptors (Lipinski definition) is 7. The van der Waals surface area contributed by atoms with Crippen molar-refractivity contribution in [3.63, 3.8) is 0 Å². The number of carbonyl (C=O) groups is 1. The van der Waals surface area contributed by atoms with E-state index < -0.39 is 11.1 Å². The van der Waals surface area contributed by atoms with Crippen LogP contribution in [0.5, 0.6) is 5.75 Å². The summed E-state index contributed by atoms with van der Waals surface area (Å²) in [5.74, 6) is 0.684. The predicted molar refractivity (Wildman–Crippen MR) is 118 cm³/mol. The lowest BCUT2D eigenvalue weighted by molar-refractivity contribution is -0.115. The van der Waals surface area contributed by atoms with Gasteiger partial charge in [-0.1, -0.05) is 58.6 Å². The number of rotatable bonds is 8. The quantitative estimate of drug-likeness (QED) is 0.424. The summed E-state index contributed by atoms with van der Waals surface area (Å²) in [5, 5.41) is 10.7. The van der Waals surface area contributed by atoms with Gasteiger partial charge in [-0.05, 0) is 42.8 Å². The summed E-state index contributed by atoms with van der Waals surface area (Å²) < 4.78 is 20.5. The molecule has 1 atom stereocenters. The number of benzene rings is 2. The lowest BCUT2D eigenvalue weighted by Gasteiger charge is -2.11. The summed E-state index contributed by atoms with van der Waals surface area (Å²) in [7, 11) is 1.64. The Labute approximate surface area is 185 Å². The van der Waals surface area contributed by atoms with Crippen molar-refractivity contribution in [2.45, 2.75) is 26.6 Å². The lowest BCUT2D eigenvalue weighted by Crippen LogP contribution is -2.22. The number of halogens is 2. The van der Waals surface area contributed by atoms with E-state index in [4.69, 9.17) is 16.3 Å². The van der Waals surface area contributed by atoms with Crippen molar-refractivity contribution in [1.82, 2.24) is 10.2 Å². The molecule has 5 nitrogen and oxygen atoms in total. The summed E-state index contributed by atoms with van der Waals surface area (Å²) >= 11 is 10.0. The first kappa shape index (κ1) is 21.9. The van der Waals surface area contributed by atoms with Gasteiger partial charge in [-0.3, -0.25) is 4.79 Å². The molecule has 1 N–H and O–H groups in total. The summed E-state index contributed by atoms with van der Waals surface area (Å²) in [6.45, 7) is 1.74. The zero-order valence-corrected chi connectivity index (χ0v) is 18.7. The first-order valence-electron chi connectivity index (χ1n) is 8.46. The number of methoxy groups -OCH3 is 1. The van der Waals surface area contributed by atoms with Crippen LogP contribution in [0.2, 0.25) is 5.02 Å². The average molecular weight is 470 g/mol. The molecule has 0 fully saturated rings. The first-order valence-corrected chi connectivity index (χ1v) is 11.5. The van der Waals surface area contributed by atoms with Crippen LogP contribution in [0.15, 0.2) is 51.1 Å². The van der Waals surface area contributed by atoms with E-state index in [9.17, 15) is 9.18 Å². The normalized spacial score (nSPS) is 11.9. The van der Waals surface area contributed by atoms with Gasteiger partial charge in [0.05, 0.1) is 18.0 Å². The highest BCUT2D eigenvalue weighted by molar-refractivity contribution is 8.03. The fourth-order valence-electron chi connectivity index (χ4n) is 2.20. The van der Waals surface area contributed by atoms with Crippen molar-refractivity contribution >= 4 is 58.1 Å². The summed E-state index contributed by atoms with van der Waals surface area (Å²) in [5.41, 5.74) is 1.25. The van der Waals surface area contributed by atoms with Crippen molar-refractivity contribution in [3.05, 3.63) is 58.9 Å². The van der Waals surface area contributed by atoms with E-state index in [1.165, 1.54) is 35.2 Å². The van der Waals surface area contributed by atoms with Crippen molar-refractivity contribution < 1.29 is 13.9 Å². The molecular formula is C19H17ClFN3O2S3. The molecule has 1 aromatic heterocycles. The molecule has 1 heterocycles. The molecule has 29 heavy (non-hydrogen) atoms.